The van der Waals surface area contributed by atoms with Gasteiger partial charge in [0.2, 0.25) is 0 Å². The maximum absolute atomic E-state index is 11.7. The molecule has 1 unspecified atom stereocenters. The van der Waals surface area contributed by atoms with Gasteiger partial charge < -0.3 is 14.2 Å². The Bertz CT molecular complexity index is 697. The van der Waals surface area contributed by atoms with Gasteiger partial charge in [0, 0.05) is 6.07 Å². The molecule has 27 heavy (non-hydrogen) atoms. The highest BCUT2D eigenvalue weighted by Crippen LogP contribution is 2.29. The fourth-order valence-corrected chi connectivity index (χ4v) is 3.15. The van der Waals surface area contributed by atoms with Crippen LogP contribution in [-0.2, 0) is 17.8 Å². The Hall–Kier alpha value is -2.33. The van der Waals surface area contributed by atoms with E-state index in [1.165, 1.54) is 6.42 Å². The molecule has 0 radical (unpaired) electrons. The Morgan fingerprint density at radius 1 is 1.04 bits per heavy atom. The van der Waals surface area contributed by atoms with Crippen LogP contribution < -0.4 is 9.47 Å². The molecule has 0 bridgehead atoms. The third-order valence-electron chi connectivity index (χ3n) is 4.68. The molecule has 0 amide bonds. The summed E-state index contributed by atoms with van der Waals surface area (Å²) < 4.78 is 17.0. The summed E-state index contributed by atoms with van der Waals surface area (Å²) in [7, 11) is 3.18. The summed E-state index contributed by atoms with van der Waals surface area (Å²) in [6, 6.07) is 13.8. The predicted octanol–water partition coefficient (Wildman–Crippen LogP) is 5.22. The number of rotatable bonds is 12. The monoisotopic (exact) mass is 370 g/mol. The van der Waals surface area contributed by atoms with Crippen molar-refractivity contribution in [1.82, 2.24) is 0 Å². The molecule has 0 saturated heterocycles. The molecule has 0 heterocycles. The van der Waals surface area contributed by atoms with Gasteiger partial charge in [-0.05, 0) is 30.0 Å². The number of hydrogen-bond acceptors (Lipinski definition) is 4. The van der Waals surface area contributed by atoms with Crippen LogP contribution in [0.5, 0.6) is 11.5 Å². The van der Waals surface area contributed by atoms with E-state index in [2.05, 4.69) is 19.1 Å². The minimum atomic E-state index is 0.0345. The molecule has 2 aromatic carbocycles. The molecule has 4 nitrogen and oxygen atoms in total. The zero-order valence-corrected chi connectivity index (χ0v) is 16.6. The van der Waals surface area contributed by atoms with Crippen LogP contribution >= 0.6 is 0 Å². The highest BCUT2D eigenvalue weighted by molar-refractivity contribution is 5.82. The van der Waals surface area contributed by atoms with Crippen molar-refractivity contribution in [3.05, 3.63) is 59.2 Å². The van der Waals surface area contributed by atoms with Crippen LogP contribution in [0.15, 0.2) is 42.5 Å². The van der Waals surface area contributed by atoms with Crippen LogP contribution in [0.1, 0.15) is 54.1 Å². The van der Waals surface area contributed by atoms with E-state index in [9.17, 15) is 4.79 Å². The molecule has 0 aliphatic heterocycles. The normalized spacial score (nSPS) is 11.8. The first-order valence-corrected chi connectivity index (χ1v) is 9.57. The molecule has 0 aromatic heterocycles. The molecule has 0 saturated carbocycles. The average Bonchev–Trinajstić information content (AvgIpc) is 2.72. The summed E-state index contributed by atoms with van der Waals surface area (Å²) in [5, 5.41) is 0. The quantitative estimate of drug-likeness (QED) is 0.379. The smallest absolute Gasteiger partial charge is 0.154 e. The van der Waals surface area contributed by atoms with Crippen LogP contribution in [0.2, 0.25) is 0 Å². The fraction of sp³-hybridized carbons (Fsp3) is 0.435. The maximum atomic E-state index is 11.7. The van der Waals surface area contributed by atoms with E-state index in [1.807, 2.05) is 24.3 Å². The van der Waals surface area contributed by atoms with Crippen LogP contribution in [0.4, 0.5) is 0 Å². The van der Waals surface area contributed by atoms with Crippen molar-refractivity contribution in [2.75, 3.05) is 14.2 Å². The number of benzene rings is 2. The Morgan fingerprint density at radius 2 is 1.81 bits per heavy atom. The average molecular weight is 370 g/mol. The molecule has 0 aliphatic carbocycles. The minimum Gasteiger partial charge on any atom is -0.497 e. The van der Waals surface area contributed by atoms with Crippen molar-refractivity contribution in [1.29, 1.82) is 0 Å². The molecule has 0 fully saturated rings. The van der Waals surface area contributed by atoms with Crippen molar-refractivity contribution in [2.45, 2.75) is 51.7 Å². The lowest BCUT2D eigenvalue weighted by molar-refractivity contribution is 0.0335. The number of carbonyl (C=O) groups excluding carboxylic acids is 1. The Kier molecular flexibility index (Phi) is 8.85. The molecule has 0 aliphatic rings. The molecule has 0 N–H and O–H groups in total. The van der Waals surface area contributed by atoms with Gasteiger partial charge in [0.1, 0.15) is 11.5 Å². The lowest BCUT2D eigenvalue weighted by Gasteiger charge is -2.20. The van der Waals surface area contributed by atoms with Gasteiger partial charge in [-0.25, -0.2) is 0 Å². The second kappa shape index (κ2) is 11.4. The van der Waals surface area contributed by atoms with Gasteiger partial charge in [-0.2, -0.15) is 0 Å². The van der Waals surface area contributed by atoms with Crippen LogP contribution in [0.3, 0.4) is 0 Å². The zero-order chi connectivity index (χ0) is 19.5. The standard InChI is InChI=1S/C23H30O4/c1-4-5-7-12-20(27-17-18-10-8-6-9-11-18)13-19-14-21(25-2)15-23(26-3)22(19)16-24/h6,8-11,14-16,20H,4-5,7,12-13,17H2,1-3H3. The van der Waals surface area contributed by atoms with Gasteiger partial charge in [0.05, 0.1) is 32.5 Å². The highest BCUT2D eigenvalue weighted by Gasteiger charge is 2.17. The van der Waals surface area contributed by atoms with Crippen molar-refractivity contribution >= 4 is 6.29 Å². The van der Waals surface area contributed by atoms with Gasteiger partial charge in [0.15, 0.2) is 6.29 Å². The third kappa shape index (κ3) is 6.40. The fourth-order valence-electron chi connectivity index (χ4n) is 3.15. The van der Waals surface area contributed by atoms with Crippen LogP contribution in [0.25, 0.3) is 0 Å². The summed E-state index contributed by atoms with van der Waals surface area (Å²) >= 11 is 0. The zero-order valence-electron chi connectivity index (χ0n) is 16.6. The lowest BCUT2D eigenvalue weighted by Crippen LogP contribution is -2.17. The summed E-state index contributed by atoms with van der Waals surface area (Å²) in [5.41, 5.74) is 2.62. The molecule has 0 spiro atoms. The largest absolute Gasteiger partial charge is 0.497 e. The second-order valence-corrected chi connectivity index (χ2v) is 6.64. The van der Waals surface area contributed by atoms with Crippen molar-refractivity contribution < 1.29 is 19.0 Å². The minimum absolute atomic E-state index is 0.0345. The van der Waals surface area contributed by atoms with Crippen molar-refractivity contribution in [3.63, 3.8) is 0 Å². The summed E-state index contributed by atoms with van der Waals surface area (Å²) in [6.45, 7) is 2.76. The number of unbranched alkanes of at least 4 members (excludes halogenated alkanes) is 2. The number of methoxy groups -OCH3 is 2. The Morgan fingerprint density at radius 3 is 2.44 bits per heavy atom. The van der Waals surface area contributed by atoms with Crippen molar-refractivity contribution in [2.24, 2.45) is 0 Å². The second-order valence-electron chi connectivity index (χ2n) is 6.64. The van der Waals surface area contributed by atoms with Gasteiger partial charge in [0.25, 0.3) is 0 Å². The van der Waals surface area contributed by atoms with E-state index in [0.717, 1.165) is 36.7 Å². The first kappa shape index (κ1) is 21.0. The number of carbonyl (C=O) groups is 1. The topological polar surface area (TPSA) is 44.8 Å². The third-order valence-corrected chi connectivity index (χ3v) is 4.68. The molecule has 2 aromatic rings. The van der Waals surface area contributed by atoms with Gasteiger partial charge in [-0.1, -0.05) is 56.5 Å². The van der Waals surface area contributed by atoms with Gasteiger partial charge in [-0.3, -0.25) is 4.79 Å². The lowest BCUT2D eigenvalue weighted by atomic mass is 9.97. The molecule has 146 valence electrons. The van der Waals surface area contributed by atoms with E-state index >= 15 is 0 Å². The molecule has 1 atom stereocenters. The Labute approximate surface area is 162 Å². The van der Waals surface area contributed by atoms with Crippen LogP contribution in [-0.4, -0.2) is 26.6 Å². The van der Waals surface area contributed by atoms with Gasteiger partial charge in [-0.15, -0.1) is 0 Å². The van der Waals surface area contributed by atoms with E-state index < -0.39 is 0 Å². The van der Waals surface area contributed by atoms with E-state index in [-0.39, 0.29) is 6.10 Å². The molecular weight excluding hydrogens is 340 g/mol. The molecule has 2 rings (SSSR count). The Balaban J connectivity index is 2.18. The first-order valence-electron chi connectivity index (χ1n) is 9.57. The van der Waals surface area contributed by atoms with E-state index in [0.29, 0.717) is 30.1 Å². The van der Waals surface area contributed by atoms with E-state index in [4.69, 9.17) is 14.2 Å². The summed E-state index contributed by atoms with van der Waals surface area (Å²) in [6.07, 6.45) is 5.94. The summed E-state index contributed by atoms with van der Waals surface area (Å²) in [4.78, 5) is 11.7. The van der Waals surface area contributed by atoms with Crippen molar-refractivity contribution in [3.8, 4) is 11.5 Å². The number of hydrogen-bond donors (Lipinski definition) is 0. The number of aldehydes is 1. The van der Waals surface area contributed by atoms with Crippen LogP contribution in [0, 0.1) is 0 Å². The summed E-state index contributed by atoms with van der Waals surface area (Å²) in [5.74, 6) is 1.22. The maximum Gasteiger partial charge on any atom is 0.154 e. The highest BCUT2D eigenvalue weighted by atomic mass is 16.5. The van der Waals surface area contributed by atoms with Gasteiger partial charge >= 0.3 is 0 Å². The molecule has 4 heteroatoms. The molecular formula is C23H30O4. The number of ether oxygens (including phenoxy) is 3. The van der Waals surface area contributed by atoms with E-state index in [1.54, 1.807) is 20.3 Å². The SMILES string of the molecule is CCCCCC(Cc1cc(OC)cc(OC)c1C=O)OCc1ccccc1. The first-order chi connectivity index (χ1) is 13.2. The predicted molar refractivity (Wildman–Crippen MR) is 108 cm³/mol.